The first-order chi connectivity index (χ1) is 15.0. The van der Waals surface area contributed by atoms with Crippen LogP contribution >= 0.6 is 0 Å². The van der Waals surface area contributed by atoms with E-state index in [-0.39, 0.29) is 11.9 Å². The molecular formula is C23H22N6O2. The molecule has 8 nitrogen and oxygen atoms in total. The van der Waals surface area contributed by atoms with Crippen LogP contribution in [-0.4, -0.2) is 42.4 Å². The number of nitrogens with zero attached hydrogens (tertiary/aromatic N) is 6. The molecule has 1 aliphatic heterocycles. The van der Waals surface area contributed by atoms with Crippen molar-refractivity contribution >= 4 is 16.8 Å². The summed E-state index contributed by atoms with van der Waals surface area (Å²) in [6.07, 6.45) is 6.58. The fourth-order valence-electron chi connectivity index (χ4n) is 4.16. The van der Waals surface area contributed by atoms with E-state index in [1.165, 1.54) is 6.33 Å². The number of carbonyl (C=O) groups excluding carboxylic acids is 1. The molecule has 156 valence electrons. The van der Waals surface area contributed by atoms with E-state index in [4.69, 9.17) is 9.51 Å². The third-order valence-electron chi connectivity index (χ3n) is 5.93. The molecule has 5 rings (SSSR count). The van der Waals surface area contributed by atoms with E-state index < -0.39 is 0 Å². The maximum atomic E-state index is 13.8. The lowest BCUT2D eigenvalue weighted by Crippen LogP contribution is -2.31. The van der Waals surface area contributed by atoms with Gasteiger partial charge in [-0.3, -0.25) is 4.79 Å². The Morgan fingerprint density at radius 3 is 2.68 bits per heavy atom. The van der Waals surface area contributed by atoms with Gasteiger partial charge >= 0.3 is 0 Å². The van der Waals surface area contributed by atoms with Gasteiger partial charge in [0.2, 0.25) is 5.89 Å². The van der Waals surface area contributed by atoms with Gasteiger partial charge in [-0.15, -0.1) is 0 Å². The highest BCUT2D eigenvalue weighted by Crippen LogP contribution is 2.35. The van der Waals surface area contributed by atoms with Crippen molar-refractivity contribution in [3.63, 3.8) is 0 Å². The highest BCUT2D eigenvalue weighted by Gasteiger charge is 2.35. The summed E-state index contributed by atoms with van der Waals surface area (Å²) in [5, 5.41) is 4.74. The third-order valence-corrected chi connectivity index (χ3v) is 5.93. The molecule has 4 aromatic rings. The molecule has 0 radical (unpaired) electrons. The van der Waals surface area contributed by atoms with Crippen molar-refractivity contribution in [1.82, 2.24) is 30.0 Å². The van der Waals surface area contributed by atoms with Crippen LogP contribution in [0.3, 0.4) is 0 Å². The van der Waals surface area contributed by atoms with Gasteiger partial charge in [0.1, 0.15) is 12.4 Å². The predicted molar refractivity (Wildman–Crippen MR) is 114 cm³/mol. The number of likely N-dealkylation sites (tertiary alicyclic amines) is 1. The lowest BCUT2D eigenvalue weighted by atomic mass is 9.99. The first kappa shape index (κ1) is 19.3. The highest BCUT2D eigenvalue weighted by molar-refractivity contribution is 6.08. The van der Waals surface area contributed by atoms with Crippen LogP contribution in [0.2, 0.25) is 0 Å². The number of pyridine rings is 1. The minimum Gasteiger partial charge on any atom is -0.337 e. The second-order valence-electron chi connectivity index (χ2n) is 7.92. The van der Waals surface area contributed by atoms with E-state index in [9.17, 15) is 4.79 Å². The summed E-state index contributed by atoms with van der Waals surface area (Å²) in [4.78, 5) is 33.1. The predicted octanol–water partition coefficient (Wildman–Crippen LogP) is 3.98. The minimum atomic E-state index is -0.216. The van der Waals surface area contributed by atoms with E-state index in [1.54, 1.807) is 19.3 Å². The largest absolute Gasteiger partial charge is 0.337 e. The average Bonchev–Trinajstić information content (AvgIpc) is 3.45. The van der Waals surface area contributed by atoms with E-state index >= 15 is 0 Å². The first-order valence-electron chi connectivity index (χ1n) is 10.3. The molecule has 1 atom stereocenters. The Labute approximate surface area is 179 Å². The molecule has 4 heterocycles. The topological polar surface area (TPSA) is 97.9 Å². The zero-order chi connectivity index (χ0) is 21.5. The molecule has 0 unspecified atom stereocenters. The second-order valence-corrected chi connectivity index (χ2v) is 7.92. The second kappa shape index (κ2) is 7.54. The van der Waals surface area contributed by atoms with Crippen molar-refractivity contribution < 1.29 is 9.32 Å². The van der Waals surface area contributed by atoms with E-state index in [2.05, 4.69) is 20.1 Å². The number of hydrogen-bond donors (Lipinski definition) is 0. The molecule has 1 aromatic carbocycles. The number of benzene rings is 1. The van der Waals surface area contributed by atoms with Gasteiger partial charge in [-0.05, 0) is 50.8 Å². The van der Waals surface area contributed by atoms with Gasteiger partial charge in [0.05, 0.1) is 16.8 Å². The molecule has 0 aliphatic carbocycles. The Balaban J connectivity index is 1.66. The highest BCUT2D eigenvalue weighted by atomic mass is 16.5. The molecule has 31 heavy (non-hydrogen) atoms. The van der Waals surface area contributed by atoms with Crippen LogP contribution < -0.4 is 0 Å². The van der Waals surface area contributed by atoms with Crippen molar-refractivity contribution in [1.29, 1.82) is 0 Å². The number of carbonyl (C=O) groups is 1. The molecule has 0 N–H and O–H groups in total. The Morgan fingerprint density at radius 2 is 1.94 bits per heavy atom. The fourth-order valence-corrected chi connectivity index (χ4v) is 4.16. The van der Waals surface area contributed by atoms with Crippen molar-refractivity contribution in [3.8, 4) is 11.3 Å². The molecule has 0 bridgehead atoms. The molecular weight excluding hydrogens is 392 g/mol. The normalized spacial score (nSPS) is 16.2. The SMILES string of the molecule is Cc1noc([C@H]2CCCN2C(=O)c2cc(-c3cncnc3)nc3c(C)c(C)ccc23)n1. The Bertz CT molecular complexity index is 1280. The van der Waals surface area contributed by atoms with Crippen LogP contribution in [0.4, 0.5) is 0 Å². The van der Waals surface area contributed by atoms with Crippen molar-refractivity contribution in [2.75, 3.05) is 6.54 Å². The van der Waals surface area contributed by atoms with Crippen LogP contribution in [0.15, 0.2) is 41.4 Å². The van der Waals surface area contributed by atoms with Gasteiger partial charge in [0.15, 0.2) is 5.82 Å². The van der Waals surface area contributed by atoms with Gasteiger partial charge in [0, 0.05) is 29.9 Å². The number of rotatable bonds is 3. The first-order valence-corrected chi connectivity index (χ1v) is 10.3. The van der Waals surface area contributed by atoms with Crippen LogP contribution in [-0.2, 0) is 0 Å². The van der Waals surface area contributed by atoms with Crippen LogP contribution in [0, 0.1) is 20.8 Å². The quantitative estimate of drug-likeness (QED) is 0.500. The van der Waals surface area contributed by atoms with Gasteiger partial charge in [-0.25, -0.2) is 15.0 Å². The van der Waals surface area contributed by atoms with Gasteiger partial charge in [-0.2, -0.15) is 4.98 Å². The fraction of sp³-hybridized carbons (Fsp3) is 0.304. The van der Waals surface area contributed by atoms with Crippen molar-refractivity contribution in [2.24, 2.45) is 0 Å². The maximum Gasteiger partial charge on any atom is 0.255 e. The number of aryl methyl sites for hydroxylation is 3. The molecule has 0 spiro atoms. The van der Waals surface area contributed by atoms with Crippen LogP contribution in [0.1, 0.15) is 52.1 Å². The Morgan fingerprint density at radius 1 is 1.13 bits per heavy atom. The molecule has 1 saturated heterocycles. The Kier molecular flexibility index (Phi) is 4.69. The van der Waals surface area contributed by atoms with Crippen LogP contribution in [0.5, 0.6) is 0 Å². The molecule has 1 amide bonds. The monoisotopic (exact) mass is 414 g/mol. The number of hydrogen-bond acceptors (Lipinski definition) is 7. The van der Waals surface area contributed by atoms with E-state index in [0.29, 0.717) is 29.5 Å². The summed E-state index contributed by atoms with van der Waals surface area (Å²) < 4.78 is 5.40. The van der Waals surface area contributed by atoms with Gasteiger partial charge in [0.25, 0.3) is 5.91 Å². The smallest absolute Gasteiger partial charge is 0.255 e. The average molecular weight is 414 g/mol. The van der Waals surface area contributed by atoms with Crippen LogP contribution in [0.25, 0.3) is 22.2 Å². The number of fused-ring (bicyclic) bond motifs is 1. The summed E-state index contributed by atoms with van der Waals surface area (Å²) in [6.45, 7) is 6.50. The zero-order valence-corrected chi connectivity index (χ0v) is 17.7. The zero-order valence-electron chi connectivity index (χ0n) is 17.7. The summed E-state index contributed by atoms with van der Waals surface area (Å²) >= 11 is 0. The molecule has 3 aromatic heterocycles. The summed E-state index contributed by atoms with van der Waals surface area (Å²) in [7, 11) is 0. The standard InChI is InChI=1S/C23H22N6O2/c1-13-6-7-17-18(9-19(27-21(17)14(13)2)16-10-24-12-25-11-16)23(30)29-8-4-5-20(29)22-26-15(3)28-31-22/h6-7,9-12,20H,4-5,8H2,1-3H3/t20-/m1/s1. The third kappa shape index (κ3) is 3.34. The lowest BCUT2D eigenvalue weighted by molar-refractivity contribution is 0.0712. The van der Waals surface area contributed by atoms with Gasteiger partial charge in [-0.1, -0.05) is 17.3 Å². The molecule has 0 saturated carbocycles. The maximum absolute atomic E-state index is 13.8. The summed E-state index contributed by atoms with van der Waals surface area (Å²) in [5.41, 5.74) is 5.04. The molecule has 1 aliphatic rings. The van der Waals surface area contributed by atoms with E-state index in [0.717, 1.165) is 40.4 Å². The van der Waals surface area contributed by atoms with E-state index in [1.807, 2.05) is 36.9 Å². The molecule has 8 heteroatoms. The number of aromatic nitrogens is 5. The number of amides is 1. The van der Waals surface area contributed by atoms with Gasteiger partial charge < -0.3 is 9.42 Å². The van der Waals surface area contributed by atoms with Crippen molar-refractivity contribution in [2.45, 2.75) is 39.7 Å². The molecule has 1 fully saturated rings. The Hall–Kier alpha value is -3.68. The lowest BCUT2D eigenvalue weighted by Gasteiger charge is -2.23. The van der Waals surface area contributed by atoms with Crippen molar-refractivity contribution in [3.05, 3.63) is 65.3 Å². The summed E-state index contributed by atoms with van der Waals surface area (Å²) in [5.74, 6) is 0.999. The minimum absolute atomic E-state index is 0.0629. The summed E-state index contributed by atoms with van der Waals surface area (Å²) in [6, 6.07) is 5.63.